The molecule has 17 heavy (non-hydrogen) atoms. The first-order valence-electron chi connectivity index (χ1n) is 5.44. The summed E-state index contributed by atoms with van der Waals surface area (Å²) in [6.45, 7) is 2.21. The van der Waals surface area contributed by atoms with Gasteiger partial charge in [-0.25, -0.2) is 4.98 Å². The van der Waals surface area contributed by atoms with Crippen LogP contribution in [0.2, 0.25) is 0 Å². The molecule has 0 aliphatic carbocycles. The van der Waals surface area contributed by atoms with Gasteiger partial charge in [0, 0.05) is 11.1 Å². The largest absolute Gasteiger partial charge is 0.491 e. The van der Waals surface area contributed by atoms with Crippen molar-refractivity contribution in [3.05, 3.63) is 36.0 Å². The van der Waals surface area contributed by atoms with Crippen molar-refractivity contribution in [1.29, 1.82) is 0 Å². The first-order valence-corrected chi connectivity index (χ1v) is 5.44. The van der Waals surface area contributed by atoms with Crippen LogP contribution < -0.4 is 10.5 Å². The molecule has 88 valence electrons. The van der Waals surface area contributed by atoms with Crippen LogP contribution in [0.15, 0.2) is 30.3 Å². The van der Waals surface area contributed by atoms with Gasteiger partial charge in [0.15, 0.2) is 0 Å². The lowest BCUT2D eigenvalue weighted by Crippen LogP contribution is -2.14. The molecular weight excluding hydrogens is 216 g/mol. The van der Waals surface area contributed by atoms with Crippen LogP contribution >= 0.6 is 0 Å². The predicted molar refractivity (Wildman–Crippen MR) is 65.8 cm³/mol. The van der Waals surface area contributed by atoms with Gasteiger partial charge in [0.2, 0.25) is 5.91 Å². The minimum absolute atomic E-state index is 0.211. The fourth-order valence-corrected chi connectivity index (χ4v) is 1.60. The third kappa shape index (κ3) is 2.72. The van der Waals surface area contributed by atoms with Crippen LogP contribution in [0.4, 0.5) is 0 Å². The highest BCUT2D eigenvalue weighted by atomic mass is 16.5. The third-order valence-electron chi connectivity index (χ3n) is 2.43. The molecule has 0 bridgehead atoms. The Morgan fingerprint density at radius 3 is 2.94 bits per heavy atom. The van der Waals surface area contributed by atoms with E-state index in [1.165, 1.54) is 0 Å². The van der Waals surface area contributed by atoms with Gasteiger partial charge in [-0.3, -0.25) is 4.79 Å². The third-order valence-corrected chi connectivity index (χ3v) is 2.43. The van der Waals surface area contributed by atoms with Crippen molar-refractivity contribution in [2.24, 2.45) is 5.73 Å². The van der Waals surface area contributed by atoms with Crippen LogP contribution in [0.3, 0.4) is 0 Å². The number of para-hydroxylation sites is 1. The standard InChI is InChI=1S/C13H14N2O2/c1-9-5-6-10-3-2-4-11(13(10)15-9)17-8-7-12(14)16/h2-6H,7-8H2,1H3,(H2,14,16). The molecule has 2 aromatic rings. The number of hydrogen-bond acceptors (Lipinski definition) is 3. The highest BCUT2D eigenvalue weighted by molar-refractivity contribution is 5.84. The van der Waals surface area contributed by atoms with Crippen LogP contribution in [-0.2, 0) is 4.79 Å². The Labute approximate surface area is 99.4 Å². The number of rotatable bonds is 4. The number of hydrogen-bond donors (Lipinski definition) is 1. The van der Waals surface area contributed by atoms with Gasteiger partial charge in [0.1, 0.15) is 11.3 Å². The van der Waals surface area contributed by atoms with Crippen LogP contribution in [-0.4, -0.2) is 17.5 Å². The Kier molecular flexibility index (Phi) is 3.23. The van der Waals surface area contributed by atoms with Gasteiger partial charge in [0.05, 0.1) is 13.0 Å². The fraction of sp³-hybridized carbons (Fsp3) is 0.231. The monoisotopic (exact) mass is 230 g/mol. The van der Waals surface area contributed by atoms with E-state index in [0.29, 0.717) is 5.75 Å². The number of primary amides is 1. The van der Waals surface area contributed by atoms with Crippen molar-refractivity contribution in [1.82, 2.24) is 4.98 Å². The van der Waals surface area contributed by atoms with E-state index in [1.807, 2.05) is 37.3 Å². The molecule has 1 amide bonds. The molecule has 0 aliphatic heterocycles. The average molecular weight is 230 g/mol. The molecule has 0 radical (unpaired) electrons. The summed E-state index contributed by atoms with van der Waals surface area (Å²) in [7, 11) is 0. The second kappa shape index (κ2) is 4.82. The van der Waals surface area contributed by atoms with Gasteiger partial charge in [-0.2, -0.15) is 0 Å². The summed E-state index contributed by atoms with van der Waals surface area (Å²) in [5, 5.41) is 1.02. The number of carbonyl (C=O) groups is 1. The number of amides is 1. The molecule has 0 saturated carbocycles. The fourth-order valence-electron chi connectivity index (χ4n) is 1.60. The SMILES string of the molecule is Cc1ccc2cccc(OCCC(N)=O)c2n1. The summed E-state index contributed by atoms with van der Waals surface area (Å²) in [5.74, 6) is 0.321. The summed E-state index contributed by atoms with van der Waals surface area (Å²) in [6, 6.07) is 9.67. The molecule has 0 saturated heterocycles. The topological polar surface area (TPSA) is 65.2 Å². The summed E-state index contributed by atoms with van der Waals surface area (Å²) >= 11 is 0. The van der Waals surface area contributed by atoms with Crippen LogP contribution in [0.25, 0.3) is 10.9 Å². The number of fused-ring (bicyclic) bond motifs is 1. The molecule has 0 atom stereocenters. The van der Waals surface area contributed by atoms with Crippen LogP contribution in [0.1, 0.15) is 12.1 Å². The maximum atomic E-state index is 10.6. The molecule has 0 spiro atoms. The van der Waals surface area contributed by atoms with Crippen LogP contribution in [0, 0.1) is 6.92 Å². The number of nitrogens with zero attached hydrogens (tertiary/aromatic N) is 1. The van der Waals surface area contributed by atoms with Crippen molar-refractivity contribution < 1.29 is 9.53 Å². The number of pyridine rings is 1. The Morgan fingerprint density at radius 1 is 1.35 bits per heavy atom. The van der Waals surface area contributed by atoms with E-state index in [2.05, 4.69) is 4.98 Å². The van der Waals surface area contributed by atoms with Gasteiger partial charge in [0.25, 0.3) is 0 Å². The minimum Gasteiger partial charge on any atom is -0.491 e. The number of carbonyl (C=O) groups excluding carboxylic acids is 1. The van der Waals surface area contributed by atoms with E-state index in [9.17, 15) is 4.79 Å². The van der Waals surface area contributed by atoms with Crippen molar-refractivity contribution >= 4 is 16.8 Å². The Balaban J connectivity index is 2.27. The molecule has 0 unspecified atom stereocenters. The molecule has 4 heteroatoms. The summed E-state index contributed by atoms with van der Waals surface area (Å²) in [6.07, 6.45) is 0.211. The van der Waals surface area contributed by atoms with Gasteiger partial charge < -0.3 is 10.5 Å². The van der Waals surface area contributed by atoms with Crippen LogP contribution in [0.5, 0.6) is 5.75 Å². The molecular formula is C13H14N2O2. The number of aryl methyl sites for hydroxylation is 1. The quantitative estimate of drug-likeness (QED) is 0.870. The van der Waals surface area contributed by atoms with E-state index < -0.39 is 0 Å². The zero-order valence-corrected chi connectivity index (χ0v) is 9.64. The number of nitrogens with two attached hydrogens (primary N) is 1. The highest BCUT2D eigenvalue weighted by Gasteiger charge is 2.04. The molecule has 1 aromatic carbocycles. The Hall–Kier alpha value is -2.10. The molecule has 2 rings (SSSR count). The zero-order valence-electron chi connectivity index (χ0n) is 9.64. The van der Waals surface area contributed by atoms with E-state index >= 15 is 0 Å². The smallest absolute Gasteiger partial charge is 0.220 e. The van der Waals surface area contributed by atoms with E-state index in [-0.39, 0.29) is 18.9 Å². The minimum atomic E-state index is -0.366. The lowest BCUT2D eigenvalue weighted by Gasteiger charge is -2.08. The molecule has 0 aliphatic rings. The second-order valence-corrected chi connectivity index (χ2v) is 3.85. The van der Waals surface area contributed by atoms with E-state index in [4.69, 9.17) is 10.5 Å². The maximum absolute atomic E-state index is 10.6. The second-order valence-electron chi connectivity index (χ2n) is 3.85. The molecule has 1 heterocycles. The first kappa shape index (κ1) is 11.4. The molecule has 1 aromatic heterocycles. The van der Waals surface area contributed by atoms with Gasteiger partial charge in [-0.1, -0.05) is 18.2 Å². The van der Waals surface area contributed by atoms with Crippen molar-refractivity contribution in [3.63, 3.8) is 0 Å². The Morgan fingerprint density at radius 2 is 2.18 bits per heavy atom. The molecule has 0 fully saturated rings. The predicted octanol–water partition coefficient (Wildman–Crippen LogP) is 1.80. The highest BCUT2D eigenvalue weighted by Crippen LogP contribution is 2.23. The molecule has 4 nitrogen and oxygen atoms in total. The zero-order chi connectivity index (χ0) is 12.3. The van der Waals surface area contributed by atoms with Crippen molar-refractivity contribution in [2.45, 2.75) is 13.3 Å². The lowest BCUT2D eigenvalue weighted by molar-refractivity contribution is -0.118. The normalized spacial score (nSPS) is 10.4. The van der Waals surface area contributed by atoms with E-state index in [0.717, 1.165) is 16.6 Å². The summed E-state index contributed by atoms with van der Waals surface area (Å²) < 4.78 is 5.52. The summed E-state index contributed by atoms with van der Waals surface area (Å²) in [5.41, 5.74) is 6.81. The molecule has 2 N–H and O–H groups in total. The Bertz CT molecular complexity index is 552. The maximum Gasteiger partial charge on any atom is 0.220 e. The number of ether oxygens (including phenoxy) is 1. The average Bonchev–Trinajstić information content (AvgIpc) is 2.29. The van der Waals surface area contributed by atoms with Gasteiger partial charge in [-0.15, -0.1) is 0 Å². The van der Waals surface area contributed by atoms with Gasteiger partial charge in [-0.05, 0) is 19.1 Å². The number of aromatic nitrogens is 1. The van der Waals surface area contributed by atoms with Gasteiger partial charge >= 0.3 is 0 Å². The lowest BCUT2D eigenvalue weighted by atomic mass is 10.2. The number of benzene rings is 1. The van der Waals surface area contributed by atoms with Crippen molar-refractivity contribution in [3.8, 4) is 5.75 Å². The summed E-state index contributed by atoms with van der Waals surface area (Å²) in [4.78, 5) is 15.1. The van der Waals surface area contributed by atoms with Crippen molar-refractivity contribution in [2.75, 3.05) is 6.61 Å². The first-order chi connectivity index (χ1) is 8.16. The van der Waals surface area contributed by atoms with E-state index in [1.54, 1.807) is 0 Å².